The molecule has 6 heteroatoms. The third kappa shape index (κ3) is 5.02. The standard InChI is InChI=1S/C28H29N3O3/c1-3-30(4-2)19-20-34-27-21(11-10-16-25(27)32)17-18-26-29-24-15-9-8-14-23(24)28(33)31(26)22-12-6-5-7-13-22/h5-18,32H,3-4,19-20H2,1-2H3/b18-17+. The van der Waals surface area contributed by atoms with Crippen LogP contribution in [-0.4, -0.2) is 45.8 Å². The van der Waals surface area contributed by atoms with Crippen molar-refractivity contribution in [3.63, 3.8) is 0 Å². The second kappa shape index (κ2) is 10.8. The predicted molar refractivity (Wildman–Crippen MR) is 138 cm³/mol. The molecule has 4 aromatic rings. The van der Waals surface area contributed by atoms with Crippen molar-refractivity contribution in [3.8, 4) is 17.2 Å². The summed E-state index contributed by atoms with van der Waals surface area (Å²) in [5.74, 6) is 0.987. The highest BCUT2D eigenvalue weighted by Gasteiger charge is 2.12. The number of phenols is 1. The zero-order chi connectivity index (χ0) is 23.9. The quantitative estimate of drug-likeness (QED) is 0.385. The molecule has 3 aromatic carbocycles. The fourth-order valence-electron chi connectivity index (χ4n) is 3.90. The lowest BCUT2D eigenvalue weighted by atomic mass is 10.1. The van der Waals surface area contributed by atoms with Crippen molar-refractivity contribution in [2.24, 2.45) is 0 Å². The van der Waals surface area contributed by atoms with Crippen LogP contribution < -0.4 is 10.3 Å². The van der Waals surface area contributed by atoms with Gasteiger partial charge in [-0.2, -0.15) is 0 Å². The number of aromatic hydroxyl groups is 1. The summed E-state index contributed by atoms with van der Waals surface area (Å²) >= 11 is 0. The van der Waals surface area contributed by atoms with Crippen LogP contribution in [0.25, 0.3) is 28.7 Å². The summed E-state index contributed by atoms with van der Waals surface area (Å²) in [6, 6.07) is 22.0. The number of likely N-dealkylation sites (N-methyl/N-ethyl adjacent to an activating group) is 1. The van der Waals surface area contributed by atoms with Gasteiger partial charge in [-0.05, 0) is 55.6 Å². The number of hydrogen-bond acceptors (Lipinski definition) is 5. The first-order chi connectivity index (χ1) is 16.6. The summed E-state index contributed by atoms with van der Waals surface area (Å²) in [6.07, 6.45) is 3.61. The topological polar surface area (TPSA) is 67.6 Å². The second-order valence-corrected chi connectivity index (χ2v) is 7.87. The van der Waals surface area contributed by atoms with Gasteiger partial charge in [-0.1, -0.05) is 56.3 Å². The molecular formula is C28H29N3O3. The van der Waals surface area contributed by atoms with Crippen molar-refractivity contribution in [2.45, 2.75) is 13.8 Å². The van der Waals surface area contributed by atoms with Gasteiger partial charge in [0.1, 0.15) is 12.4 Å². The molecule has 1 heterocycles. The minimum Gasteiger partial charge on any atom is -0.504 e. The summed E-state index contributed by atoms with van der Waals surface area (Å²) < 4.78 is 7.57. The van der Waals surface area contributed by atoms with Crippen molar-refractivity contribution in [3.05, 3.63) is 94.5 Å². The SMILES string of the molecule is CCN(CC)CCOc1c(O)cccc1/C=C/c1nc2ccccc2c(=O)n1-c1ccccc1. The average Bonchev–Trinajstić information content (AvgIpc) is 2.87. The van der Waals surface area contributed by atoms with Gasteiger partial charge in [0.25, 0.3) is 5.56 Å². The highest BCUT2D eigenvalue weighted by Crippen LogP contribution is 2.31. The van der Waals surface area contributed by atoms with E-state index in [2.05, 4.69) is 18.7 Å². The largest absolute Gasteiger partial charge is 0.504 e. The molecule has 0 atom stereocenters. The van der Waals surface area contributed by atoms with Crippen LogP contribution in [0.1, 0.15) is 25.2 Å². The Kier molecular flexibility index (Phi) is 7.40. The number of benzene rings is 3. The maximum atomic E-state index is 13.4. The highest BCUT2D eigenvalue weighted by atomic mass is 16.5. The molecule has 0 saturated heterocycles. The molecule has 0 saturated carbocycles. The number of fused-ring (bicyclic) bond motifs is 1. The molecule has 34 heavy (non-hydrogen) atoms. The van der Waals surface area contributed by atoms with E-state index in [1.165, 1.54) is 0 Å². The smallest absolute Gasteiger partial charge is 0.266 e. The van der Waals surface area contributed by atoms with Gasteiger partial charge < -0.3 is 14.7 Å². The summed E-state index contributed by atoms with van der Waals surface area (Å²) in [4.78, 5) is 20.4. The van der Waals surface area contributed by atoms with Gasteiger partial charge in [-0.15, -0.1) is 0 Å². The van der Waals surface area contributed by atoms with Crippen molar-refractivity contribution >= 4 is 23.1 Å². The molecule has 0 unspecified atom stereocenters. The lowest BCUT2D eigenvalue weighted by molar-refractivity contribution is 0.217. The third-order valence-electron chi connectivity index (χ3n) is 5.80. The van der Waals surface area contributed by atoms with Crippen molar-refractivity contribution in [2.75, 3.05) is 26.2 Å². The van der Waals surface area contributed by atoms with Crippen LogP contribution in [-0.2, 0) is 0 Å². The normalized spacial score (nSPS) is 11.5. The molecular weight excluding hydrogens is 426 g/mol. The van der Waals surface area contributed by atoms with Gasteiger partial charge in [0, 0.05) is 12.1 Å². The average molecular weight is 456 g/mol. The summed E-state index contributed by atoms with van der Waals surface area (Å²) in [6.45, 7) is 7.34. The monoisotopic (exact) mass is 455 g/mol. The number of ether oxygens (including phenoxy) is 1. The van der Waals surface area contributed by atoms with Gasteiger partial charge in [-0.3, -0.25) is 9.36 Å². The van der Waals surface area contributed by atoms with Crippen LogP contribution >= 0.6 is 0 Å². The Bertz CT molecular complexity index is 1340. The van der Waals surface area contributed by atoms with E-state index >= 15 is 0 Å². The van der Waals surface area contributed by atoms with Crippen molar-refractivity contribution < 1.29 is 9.84 Å². The van der Waals surface area contributed by atoms with Crippen LogP contribution in [0.2, 0.25) is 0 Å². The lowest BCUT2D eigenvalue weighted by Gasteiger charge is -2.19. The van der Waals surface area contributed by atoms with Gasteiger partial charge in [-0.25, -0.2) is 4.98 Å². The van der Waals surface area contributed by atoms with E-state index in [9.17, 15) is 9.90 Å². The number of nitrogens with zero attached hydrogens (tertiary/aromatic N) is 3. The molecule has 6 nitrogen and oxygen atoms in total. The molecule has 1 N–H and O–H groups in total. The molecule has 0 spiro atoms. The van der Waals surface area contributed by atoms with E-state index in [0.717, 1.165) is 25.3 Å². The van der Waals surface area contributed by atoms with Crippen LogP contribution in [0.5, 0.6) is 11.5 Å². The molecule has 0 amide bonds. The van der Waals surface area contributed by atoms with E-state index in [1.807, 2.05) is 60.7 Å². The van der Waals surface area contributed by atoms with Gasteiger partial charge in [0.15, 0.2) is 11.5 Å². The van der Waals surface area contributed by atoms with E-state index in [4.69, 9.17) is 9.72 Å². The Morgan fingerprint density at radius 2 is 1.68 bits per heavy atom. The zero-order valence-electron chi connectivity index (χ0n) is 19.5. The van der Waals surface area contributed by atoms with Crippen LogP contribution in [0, 0.1) is 0 Å². The summed E-state index contributed by atoms with van der Waals surface area (Å²) in [7, 11) is 0. The summed E-state index contributed by atoms with van der Waals surface area (Å²) in [5, 5.41) is 11.0. The predicted octanol–water partition coefficient (Wildman–Crippen LogP) is 4.98. The molecule has 0 radical (unpaired) electrons. The van der Waals surface area contributed by atoms with Gasteiger partial charge >= 0.3 is 0 Å². The van der Waals surface area contributed by atoms with E-state index in [-0.39, 0.29) is 11.3 Å². The molecule has 1 aromatic heterocycles. The number of para-hydroxylation sites is 3. The lowest BCUT2D eigenvalue weighted by Crippen LogP contribution is -2.28. The first-order valence-electron chi connectivity index (χ1n) is 11.5. The maximum absolute atomic E-state index is 13.4. The minimum atomic E-state index is -0.136. The Labute approximate surface area is 199 Å². The molecule has 0 bridgehead atoms. The Balaban J connectivity index is 1.73. The Morgan fingerprint density at radius 1 is 0.941 bits per heavy atom. The fraction of sp³-hybridized carbons (Fsp3) is 0.214. The van der Waals surface area contributed by atoms with Crippen molar-refractivity contribution in [1.82, 2.24) is 14.5 Å². The summed E-state index contributed by atoms with van der Waals surface area (Å²) in [5.41, 5.74) is 1.94. The maximum Gasteiger partial charge on any atom is 0.266 e. The van der Waals surface area contributed by atoms with Crippen LogP contribution in [0.3, 0.4) is 0 Å². The van der Waals surface area contributed by atoms with E-state index in [0.29, 0.717) is 34.6 Å². The van der Waals surface area contributed by atoms with Crippen molar-refractivity contribution in [1.29, 1.82) is 0 Å². The molecule has 174 valence electrons. The highest BCUT2D eigenvalue weighted by molar-refractivity contribution is 5.80. The number of rotatable bonds is 9. The molecule has 0 fully saturated rings. The van der Waals surface area contributed by atoms with Gasteiger partial charge in [0.2, 0.25) is 0 Å². The molecule has 0 aliphatic carbocycles. The fourth-order valence-corrected chi connectivity index (χ4v) is 3.90. The first kappa shape index (κ1) is 23.3. The molecule has 0 aliphatic rings. The molecule has 4 rings (SSSR count). The number of aromatic nitrogens is 2. The number of phenolic OH excluding ortho intramolecular Hbond substituents is 1. The number of hydrogen-bond donors (Lipinski definition) is 1. The zero-order valence-corrected chi connectivity index (χ0v) is 19.5. The Hall–Kier alpha value is -3.90. The van der Waals surface area contributed by atoms with Crippen LogP contribution in [0.15, 0.2) is 77.6 Å². The van der Waals surface area contributed by atoms with Crippen LogP contribution in [0.4, 0.5) is 0 Å². The van der Waals surface area contributed by atoms with E-state index < -0.39 is 0 Å². The molecule has 0 aliphatic heterocycles. The van der Waals surface area contributed by atoms with E-state index in [1.54, 1.807) is 28.8 Å². The Morgan fingerprint density at radius 3 is 2.44 bits per heavy atom. The van der Waals surface area contributed by atoms with Gasteiger partial charge in [0.05, 0.1) is 16.6 Å². The second-order valence-electron chi connectivity index (χ2n) is 7.87. The third-order valence-corrected chi connectivity index (χ3v) is 5.80. The first-order valence-corrected chi connectivity index (χ1v) is 11.5. The minimum absolute atomic E-state index is 0.0774.